The van der Waals surface area contributed by atoms with Crippen LogP contribution in [0.2, 0.25) is 5.02 Å². The Bertz CT molecular complexity index is 960. The molecule has 0 aliphatic heterocycles. The Kier molecular flexibility index (Phi) is 7.94. The van der Waals surface area contributed by atoms with Gasteiger partial charge in [0.2, 0.25) is 0 Å². The van der Waals surface area contributed by atoms with Gasteiger partial charge in [0.05, 0.1) is 19.2 Å². The van der Waals surface area contributed by atoms with Gasteiger partial charge in [-0.05, 0) is 60.5 Å². The first kappa shape index (κ1) is 21.9. The summed E-state index contributed by atoms with van der Waals surface area (Å²) in [5.74, 6) is 1.77. The van der Waals surface area contributed by atoms with Crippen LogP contribution in [-0.4, -0.2) is 20.8 Å². The zero-order valence-corrected chi connectivity index (χ0v) is 17.8. The zero-order valence-electron chi connectivity index (χ0n) is 17.1. The van der Waals surface area contributed by atoms with Crippen LogP contribution in [0.1, 0.15) is 16.7 Å². The summed E-state index contributed by atoms with van der Waals surface area (Å²) in [6, 6.07) is 18.3. The molecule has 0 saturated heterocycles. The van der Waals surface area contributed by atoms with Crippen molar-refractivity contribution >= 4 is 11.6 Å². The van der Waals surface area contributed by atoms with Gasteiger partial charge in [0.15, 0.2) is 11.5 Å². The fourth-order valence-corrected chi connectivity index (χ4v) is 3.29. The van der Waals surface area contributed by atoms with E-state index in [0.717, 1.165) is 30.0 Å². The fraction of sp³-hybridized carbons (Fsp3) is 0.250. The Balaban J connectivity index is 1.50. The maximum atomic E-state index is 13.9. The second kappa shape index (κ2) is 10.9. The summed E-state index contributed by atoms with van der Waals surface area (Å²) in [5, 5.41) is 3.79. The van der Waals surface area contributed by atoms with Gasteiger partial charge in [0.25, 0.3) is 0 Å². The Morgan fingerprint density at radius 3 is 2.47 bits per heavy atom. The van der Waals surface area contributed by atoms with Crippen LogP contribution in [0.25, 0.3) is 0 Å². The Morgan fingerprint density at radius 2 is 1.70 bits per heavy atom. The summed E-state index contributed by atoms with van der Waals surface area (Å²) < 4.78 is 30.2. The number of benzene rings is 3. The number of methoxy groups -OCH3 is 2. The van der Waals surface area contributed by atoms with E-state index in [1.54, 1.807) is 26.4 Å². The van der Waals surface area contributed by atoms with Crippen LogP contribution < -0.4 is 19.5 Å². The maximum Gasteiger partial charge on any atom is 0.160 e. The molecule has 0 radical (unpaired) electrons. The quantitative estimate of drug-likeness (QED) is 0.437. The highest BCUT2D eigenvalue weighted by Crippen LogP contribution is 2.27. The lowest BCUT2D eigenvalue weighted by molar-refractivity contribution is 0.299. The molecule has 6 heteroatoms. The number of ether oxygens (including phenoxy) is 3. The van der Waals surface area contributed by atoms with Crippen molar-refractivity contribution in [2.45, 2.75) is 19.6 Å². The minimum atomic E-state index is -0.365. The van der Waals surface area contributed by atoms with E-state index in [-0.39, 0.29) is 12.4 Å². The van der Waals surface area contributed by atoms with E-state index in [1.165, 1.54) is 11.6 Å². The molecule has 0 amide bonds. The highest BCUT2D eigenvalue weighted by atomic mass is 35.5. The molecular formula is C24H25ClFNO3. The summed E-state index contributed by atoms with van der Waals surface area (Å²) in [4.78, 5) is 0. The van der Waals surface area contributed by atoms with Crippen molar-refractivity contribution in [3.05, 3.63) is 88.2 Å². The standard InChI is InChI=1S/C24H25ClFNO3/c1-28-23-10-9-17(14-24(23)29-2)11-12-27-15-18-5-3-6-19(13-18)30-16-20-21(25)7-4-8-22(20)26/h3-10,13-14,27H,11-12,15-16H2,1-2H3. The summed E-state index contributed by atoms with van der Waals surface area (Å²) >= 11 is 6.05. The molecule has 4 nitrogen and oxygen atoms in total. The third-order valence-corrected chi connectivity index (χ3v) is 5.06. The van der Waals surface area contributed by atoms with E-state index in [9.17, 15) is 4.39 Å². The Labute approximate surface area is 181 Å². The van der Waals surface area contributed by atoms with Crippen molar-refractivity contribution in [2.24, 2.45) is 0 Å². The van der Waals surface area contributed by atoms with Gasteiger partial charge >= 0.3 is 0 Å². The van der Waals surface area contributed by atoms with Crippen LogP contribution in [0, 0.1) is 5.82 Å². The minimum Gasteiger partial charge on any atom is -0.493 e. The first-order chi connectivity index (χ1) is 14.6. The molecule has 1 N–H and O–H groups in total. The molecule has 158 valence electrons. The summed E-state index contributed by atoms with van der Waals surface area (Å²) in [6.07, 6.45) is 0.863. The highest BCUT2D eigenvalue weighted by Gasteiger charge is 2.08. The molecule has 0 bridgehead atoms. The maximum absolute atomic E-state index is 13.9. The van der Waals surface area contributed by atoms with Crippen molar-refractivity contribution in [3.63, 3.8) is 0 Å². The lowest BCUT2D eigenvalue weighted by atomic mass is 10.1. The van der Waals surface area contributed by atoms with E-state index in [1.807, 2.05) is 42.5 Å². The van der Waals surface area contributed by atoms with Gasteiger partial charge in [-0.2, -0.15) is 0 Å². The molecular weight excluding hydrogens is 405 g/mol. The molecule has 0 atom stereocenters. The van der Waals surface area contributed by atoms with Crippen molar-refractivity contribution in [2.75, 3.05) is 20.8 Å². The lowest BCUT2D eigenvalue weighted by Gasteiger charge is -2.11. The third kappa shape index (κ3) is 5.88. The van der Waals surface area contributed by atoms with Crippen LogP contribution in [-0.2, 0) is 19.6 Å². The number of halogens is 2. The topological polar surface area (TPSA) is 39.7 Å². The largest absolute Gasteiger partial charge is 0.493 e. The fourth-order valence-electron chi connectivity index (χ4n) is 3.07. The normalized spacial score (nSPS) is 10.7. The van der Waals surface area contributed by atoms with Crippen LogP contribution >= 0.6 is 11.6 Å². The lowest BCUT2D eigenvalue weighted by Crippen LogP contribution is -2.16. The van der Waals surface area contributed by atoms with E-state index in [4.69, 9.17) is 25.8 Å². The monoisotopic (exact) mass is 429 g/mol. The molecule has 3 aromatic carbocycles. The zero-order chi connectivity index (χ0) is 21.3. The first-order valence-corrected chi connectivity index (χ1v) is 10.0. The SMILES string of the molecule is COc1ccc(CCNCc2cccc(OCc3c(F)cccc3Cl)c2)cc1OC. The summed E-state index contributed by atoms with van der Waals surface area (Å²) in [5.41, 5.74) is 2.61. The van der Waals surface area contributed by atoms with Gasteiger partial charge in [0.1, 0.15) is 18.2 Å². The third-order valence-electron chi connectivity index (χ3n) is 4.71. The molecule has 0 fully saturated rings. The molecule has 0 aromatic heterocycles. The van der Waals surface area contributed by atoms with E-state index in [2.05, 4.69) is 5.32 Å². The molecule has 0 spiro atoms. The minimum absolute atomic E-state index is 0.0850. The predicted octanol–water partition coefficient (Wildman–Crippen LogP) is 5.41. The molecule has 3 rings (SSSR count). The van der Waals surface area contributed by atoms with Crippen molar-refractivity contribution in [3.8, 4) is 17.2 Å². The number of hydrogen-bond acceptors (Lipinski definition) is 4. The van der Waals surface area contributed by atoms with Gasteiger partial charge in [-0.25, -0.2) is 4.39 Å². The average Bonchev–Trinajstić information content (AvgIpc) is 2.76. The van der Waals surface area contributed by atoms with E-state index >= 15 is 0 Å². The van der Waals surface area contributed by atoms with Crippen molar-refractivity contribution < 1.29 is 18.6 Å². The smallest absolute Gasteiger partial charge is 0.160 e. The molecule has 0 saturated carbocycles. The number of rotatable bonds is 10. The highest BCUT2D eigenvalue weighted by molar-refractivity contribution is 6.31. The second-order valence-electron chi connectivity index (χ2n) is 6.75. The van der Waals surface area contributed by atoms with Crippen LogP contribution in [0.5, 0.6) is 17.2 Å². The molecule has 0 unspecified atom stereocenters. The number of hydrogen-bond donors (Lipinski definition) is 1. The van der Waals surface area contributed by atoms with Crippen molar-refractivity contribution in [1.82, 2.24) is 5.32 Å². The van der Waals surface area contributed by atoms with Crippen molar-refractivity contribution in [1.29, 1.82) is 0 Å². The van der Waals surface area contributed by atoms with Gasteiger partial charge < -0.3 is 19.5 Å². The predicted molar refractivity (Wildman–Crippen MR) is 117 cm³/mol. The van der Waals surface area contributed by atoms with Crippen LogP contribution in [0.4, 0.5) is 4.39 Å². The first-order valence-electron chi connectivity index (χ1n) is 9.67. The molecule has 0 heterocycles. The second-order valence-corrected chi connectivity index (χ2v) is 7.16. The van der Waals surface area contributed by atoms with Gasteiger partial charge in [0, 0.05) is 12.1 Å². The molecule has 3 aromatic rings. The Hall–Kier alpha value is -2.76. The van der Waals surface area contributed by atoms with Crippen LogP contribution in [0.15, 0.2) is 60.7 Å². The average molecular weight is 430 g/mol. The van der Waals surface area contributed by atoms with Gasteiger partial charge in [-0.15, -0.1) is 0 Å². The Morgan fingerprint density at radius 1 is 0.900 bits per heavy atom. The molecule has 0 aliphatic carbocycles. The summed E-state index contributed by atoms with van der Waals surface area (Å²) in [7, 11) is 3.26. The molecule has 0 aliphatic rings. The summed E-state index contributed by atoms with van der Waals surface area (Å²) in [6.45, 7) is 1.60. The molecule has 30 heavy (non-hydrogen) atoms. The number of nitrogens with one attached hydrogen (secondary N) is 1. The van der Waals surface area contributed by atoms with E-state index in [0.29, 0.717) is 22.9 Å². The van der Waals surface area contributed by atoms with E-state index < -0.39 is 0 Å². The van der Waals surface area contributed by atoms with Gasteiger partial charge in [-0.3, -0.25) is 0 Å². The van der Waals surface area contributed by atoms with Crippen LogP contribution in [0.3, 0.4) is 0 Å². The van der Waals surface area contributed by atoms with Gasteiger partial charge in [-0.1, -0.05) is 35.9 Å².